The van der Waals surface area contributed by atoms with Crippen LogP contribution in [0.1, 0.15) is 53.1 Å². The average Bonchev–Trinajstić information content (AvgIpc) is 3.59. The van der Waals surface area contributed by atoms with E-state index >= 15 is 0 Å². The normalized spacial score (nSPS) is 19.3. The molecule has 2 aromatic rings. The first-order valence-corrected chi connectivity index (χ1v) is 14.0. The second-order valence-corrected chi connectivity index (χ2v) is 11.2. The summed E-state index contributed by atoms with van der Waals surface area (Å²) in [4.78, 5) is 35.1. The number of hydrogen-bond donors (Lipinski definition) is 2. The summed E-state index contributed by atoms with van der Waals surface area (Å²) in [5, 5.41) is 8.28. The molecule has 0 bridgehead atoms. The molecule has 11 heteroatoms. The Kier molecular flexibility index (Phi) is 9.72. The van der Waals surface area contributed by atoms with Gasteiger partial charge in [0.25, 0.3) is 11.8 Å². The van der Waals surface area contributed by atoms with Crippen molar-refractivity contribution in [2.24, 2.45) is 0 Å². The lowest BCUT2D eigenvalue weighted by Crippen LogP contribution is -2.52. The number of carbonyl (C=O) groups is 2. The van der Waals surface area contributed by atoms with Gasteiger partial charge in [-0.1, -0.05) is 6.07 Å². The topological polar surface area (TPSA) is 105 Å². The number of benzene rings is 1. The van der Waals surface area contributed by atoms with E-state index in [4.69, 9.17) is 14.2 Å². The van der Waals surface area contributed by atoms with Crippen LogP contribution < -0.4 is 15.5 Å². The minimum absolute atomic E-state index is 0.106. The number of anilines is 2. The predicted octanol–water partition coefficient (Wildman–Crippen LogP) is 3.00. The van der Waals surface area contributed by atoms with Crippen LogP contribution in [0.25, 0.3) is 0 Å². The highest BCUT2D eigenvalue weighted by Crippen LogP contribution is 2.26. The average molecular weight is 546 g/mol. The smallest absolute Gasteiger partial charge is 0.275 e. The van der Waals surface area contributed by atoms with Crippen molar-refractivity contribution in [1.29, 1.82) is 0 Å². The summed E-state index contributed by atoms with van der Waals surface area (Å²) in [6.07, 6.45) is 2.31. The lowest BCUT2D eigenvalue weighted by Gasteiger charge is -2.42. The maximum Gasteiger partial charge on any atom is 0.275 e. The van der Waals surface area contributed by atoms with Crippen molar-refractivity contribution in [3.8, 4) is 0 Å². The van der Waals surface area contributed by atoms with Crippen LogP contribution in [-0.4, -0.2) is 93.6 Å². The molecule has 2 fully saturated rings. The lowest BCUT2D eigenvalue weighted by atomic mass is 10.00. The molecule has 2 amide bonds. The molecule has 38 heavy (non-hydrogen) atoms. The van der Waals surface area contributed by atoms with Crippen molar-refractivity contribution in [2.75, 3.05) is 70.4 Å². The Morgan fingerprint density at radius 3 is 2.87 bits per heavy atom. The van der Waals surface area contributed by atoms with E-state index in [0.29, 0.717) is 49.9 Å². The van der Waals surface area contributed by atoms with Crippen LogP contribution in [-0.2, 0) is 20.8 Å². The van der Waals surface area contributed by atoms with Gasteiger partial charge in [-0.15, -0.1) is 11.3 Å². The van der Waals surface area contributed by atoms with Gasteiger partial charge in [0, 0.05) is 57.9 Å². The number of nitrogens with one attached hydrogen (secondary N) is 2. The van der Waals surface area contributed by atoms with Gasteiger partial charge in [0.2, 0.25) is 0 Å². The molecule has 0 aliphatic carbocycles. The number of morpholine rings is 1. The van der Waals surface area contributed by atoms with Crippen molar-refractivity contribution in [3.05, 3.63) is 40.4 Å². The van der Waals surface area contributed by atoms with E-state index in [1.54, 1.807) is 18.6 Å². The molecule has 2 N–H and O–H groups in total. The summed E-state index contributed by atoms with van der Waals surface area (Å²) in [6.45, 7) is 9.44. The van der Waals surface area contributed by atoms with Crippen LogP contribution in [0, 0.1) is 0 Å². The van der Waals surface area contributed by atoms with E-state index in [0.717, 1.165) is 43.2 Å². The quantitative estimate of drug-likeness (QED) is 0.415. The summed E-state index contributed by atoms with van der Waals surface area (Å²) in [6, 6.07) is 5.60. The molecule has 4 rings (SSSR count). The van der Waals surface area contributed by atoms with Gasteiger partial charge in [-0.25, -0.2) is 4.98 Å². The third-order valence-electron chi connectivity index (χ3n) is 6.91. The van der Waals surface area contributed by atoms with Gasteiger partial charge >= 0.3 is 0 Å². The van der Waals surface area contributed by atoms with Crippen molar-refractivity contribution in [1.82, 2.24) is 15.2 Å². The number of aromatic nitrogens is 1. The number of nitrogens with zero attached hydrogens (tertiary/aromatic N) is 3. The molecular weight excluding hydrogens is 506 g/mol. The highest BCUT2D eigenvalue weighted by Gasteiger charge is 2.30. The molecule has 3 heterocycles. The van der Waals surface area contributed by atoms with Crippen molar-refractivity contribution in [2.45, 2.75) is 44.9 Å². The monoisotopic (exact) mass is 545 g/mol. The molecule has 2 aliphatic rings. The fraction of sp³-hybridized carbons (Fsp3) is 0.593. The Labute approximate surface area is 228 Å². The largest absolute Gasteiger partial charge is 0.383 e. The number of methoxy groups -OCH3 is 1. The Bertz CT molecular complexity index is 1100. The fourth-order valence-corrected chi connectivity index (χ4v) is 5.44. The number of rotatable bonds is 11. The van der Waals surface area contributed by atoms with Gasteiger partial charge in [-0.3, -0.25) is 14.5 Å². The van der Waals surface area contributed by atoms with Crippen LogP contribution in [0.3, 0.4) is 0 Å². The van der Waals surface area contributed by atoms with Crippen LogP contribution >= 0.6 is 11.3 Å². The zero-order valence-corrected chi connectivity index (χ0v) is 23.6. The SMILES string of the molecule is COCCNC(=O)c1cc(CN2CCOCC2(C)C)ccc1NC(=O)c1csc(N(C)C[C@H]2CCCO2)n1. The Hall–Kier alpha value is -2.57. The van der Waals surface area contributed by atoms with Gasteiger partial charge in [0.1, 0.15) is 5.69 Å². The van der Waals surface area contributed by atoms with Crippen LogP contribution in [0.2, 0.25) is 0 Å². The molecule has 0 saturated carbocycles. The molecule has 0 spiro atoms. The second kappa shape index (κ2) is 13.0. The van der Waals surface area contributed by atoms with Gasteiger partial charge in [0.15, 0.2) is 5.13 Å². The molecule has 2 aliphatic heterocycles. The molecule has 1 atom stereocenters. The van der Waals surface area contributed by atoms with E-state index < -0.39 is 0 Å². The van der Waals surface area contributed by atoms with Gasteiger partial charge < -0.3 is 29.7 Å². The molecule has 0 radical (unpaired) electrons. The third kappa shape index (κ3) is 7.29. The number of carbonyl (C=O) groups excluding carboxylic acids is 2. The maximum absolute atomic E-state index is 13.1. The van der Waals surface area contributed by atoms with E-state index in [-0.39, 0.29) is 23.5 Å². The lowest BCUT2D eigenvalue weighted by molar-refractivity contribution is -0.0552. The summed E-state index contributed by atoms with van der Waals surface area (Å²) in [5.74, 6) is -0.623. The molecule has 10 nitrogen and oxygen atoms in total. The van der Waals surface area contributed by atoms with Crippen molar-refractivity contribution >= 4 is 34.0 Å². The Balaban J connectivity index is 1.48. The highest BCUT2D eigenvalue weighted by molar-refractivity contribution is 7.13. The van der Waals surface area contributed by atoms with Gasteiger partial charge in [-0.05, 0) is 44.4 Å². The number of thiazole rings is 1. The van der Waals surface area contributed by atoms with E-state index in [2.05, 4.69) is 34.4 Å². The molecule has 1 aromatic carbocycles. The van der Waals surface area contributed by atoms with E-state index in [9.17, 15) is 9.59 Å². The zero-order valence-electron chi connectivity index (χ0n) is 22.7. The first-order chi connectivity index (χ1) is 18.3. The minimum Gasteiger partial charge on any atom is -0.383 e. The summed E-state index contributed by atoms with van der Waals surface area (Å²) in [5.41, 5.74) is 2.04. The van der Waals surface area contributed by atoms with Crippen molar-refractivity contribution in [3.63, 3.8) is 0 Å². The van der Waals surface area contributed by atoms with Gasteiger partial charge in [0.05, 0.1) is 37.2 Å². The van der Waals surface area contributed by atoms with Gasteiger partial charge in [-0.2, -0.15) is 0 Å². The number of amides is 2. The molecule has 208 valence electrons. The second-order valence-electron chi connectivity index (χ2n) is 10.4. The molecule has 0 unspecified atom stereocenters. The number of hydrogen-bond acceptors (Lipinski definition) is 9. The first-order valence-electron chi connectivity index (χ1n) is 13.1. The van der Waals surface area contributed by atoms with E-state index in [1.165, 1.54) is 11.3 Å². The molecule has 1 aromatic heterocycles. The van der Waals surface area contributed by atoms with E-state index in [1.807, 2.05) is 24.1 Å². The summed E-state index contributed by atoms with van der Waals surface area (Å²) in [7, 11) is 3.54. The highest BCUT2D eigenvalue weighted by atomic mass is 32.1. The maximum atomic E-state index is 13.1. The number of ether oxygens (including phenoxy) is 3. The number of likely N-dealkylation sites (N-methyl/N-ethyl adjacent to an activating group) is 1. The zero-order chi connectivity index (χ0) is 27.1. The van der Waals surface area contributed by atoms with Crippen LogP contribution in [0.5, 0.6) is 0 Å². The molecule has 2 saturated heterocycles. The van der Waals surface area contributed by atoms with Crippen LogP contribution in [0.15, 0.2) is 23.6 Å². The third-order valence-corrected chi connectivity index (χ3v) is 7.87. The standard InChI is InChI=1S/C27H39N5O5S/c1-27(2)18-36-13-10-32(27)15-19-7-8-22(21(14-19)24(33)28-9-12-35-4)29-25(34)23-17-38-26(30-23)31(3)16-20-6-5-11-37-20/h7-8,14,17,20H,5-6,9-13,15-16,18H2,1-4H3,(H,28,33)(H,29,34)/t20-/m1/s1. The Morgan fingerprint density at radius 2 is 2.13 bits per heavy atom. The van der Waals surface area contributed by atoms with Crippen LogP contribution in [0.4, 0.5) is 10.8 Å². The summed E-state index contributed by atoms with van der Waals surface area (Å²) < 4.78 is 16.4. The summed E-state index contributed by atoms with van der Waals surface area (Å²) >= 11 is 1.42. The fourth-order valence-electron chi connectivity index (χ4n) is 4.65. The minimum atomic E-state index is -0.356. The predicted molar refractivity (Wildman–Crippen MR) is 148 cm³/mol. The molecular formula is C27H39N5O5S. The Morgan fingerprint density at radius 1 is 1.29 bits per heavy atom. The van der Waals surface area contributed by atoms with Crippen molar-refractivity contribution < 1.29 is 23.8 Å². The first kappa shape index (κ1) is 28.4.